The van der Waals surface area contributed by atoms with Crippen LogP contribution in [0.3, 0.4) is 0 Å². The molecule has 0 bridgehead atoms. The quantitative estimate of drug-likeness (QED) is 0.273. The number of aromatic nitrogens is 4. The summed E-state index contributed by atoms with van der Waals surface area (Å²) in [6, 6.07) is 6.59. The van der Waals surface area contributed by atoms with Gasteiger partial charge in [0.05, 0.1) is 36.1 Å². The number of nitrogens with zero attached hydrogens (tertiary/aromatic N) is 5. The molecule has 188 valence electrons. The van der Waals surface area contributed by atoms with Gasteiger partial charge in [-0.05, 0) is 24.2 Å². The van der Waals surface area contributed by atoms with E-state index in [0.29, 0.717) is 35.6 Å². The molecule has 1 aliphatic rings. The molecule has 0 saturated carbocycles. The van der Waals surface area contributed by atoms with Crippen molar-refractivity contribution < 1.29 is 18.8 Å². The summed E-state index contributed by atoms with van der Waals surface area (Å²) in [5.74, 6) is 0.300. The summed E-state index contributed by atoms with van der Waals surface area (Å²) < 4.78 is 20.9. The largest absolute Gasteiger partial charge is 0.414 e. The Morgan fingerprint density at radius 1 is 1.26 bits per heavy atom. The van der Waals surface area contributed by atoms with Gasteiger partial charge < -0.3 is 19.6 Å². The Kier molecular flexibility index (Phi) is 6.91. The number of nitrogen functional groups attached to an aromatic ring is 1. The fourth-order valence-corrected chi connectivity index (χ4v) is 4.81. The van der Waals surface area contributed by atoms with Gasteiger partial charge in [0, 0.05) is 12.5 Å². The number of ether oxygens (including phenoxy) is 2. The molecule has 0 unspecified atom stereocenters. The minimum absolute atomic E-state index is 0.0322. The van der Waals surface area contributed by atoms with Crippen LogP contribution in [0.15, 0.2) is 36.9 Å². The average Bonchev–Trinajstić information content (AvgIpc) is 3.40. The molecule has 2 aromatic heterocycles. The van der Waals surface area contributed by atoms with E-state index >= 15 is 0 Å². The van der Waals surface area contributed by atoms with Crippen molar-refractivity contribution in [3.05, 3.63) is 52.6 Å². The zero-order valence-electron chi connectivity index (χ0n) is 20.7. The molecule has 1 saturated heterocycles. The lowest BCUT2D eigenvalue weighted by molar-refractivity contribution is -0.386. The predicted octanol–water partition coefficient (Wildman–Crippen LogP) is 4.21. The van der Waals surface area contributed by atoms with Gasteiger partial charge in [0.25, 0.3) is 5.69 Å². The first-order valence-corrected chi connectivity index (χ1v) is 14.4. The Hall–Kier alpha value is -2.93. The molecule has 0 amide bonds. The van der Waals surface area contributed by atoms with Crippen LogP contribution in [-0.2, 0) is 20.5 Å². The Labute approximate surface area is 204 Å². The summed E-state index contributed by atoms with van der Waals surface area (Å²) in [6.45, 7) is 11.4. The third-order valence-electron chi connectivity index (χ3n) is 6.93. The number of rotatable bonds is 8. The van der Waals surface area contributed by atoms with Gasteiger partial charge in [-0.15, -0.1) is 0 Å². The first-order chi connectivity index (χ1) is 16.5. The van der Waals surface area contributed by atoms with Crippen LogP contribution < -0.4 is 5.73 Å². The molecule has 11 nitrogen and oxygen atoms in total. The zero-order valence-corrected chi connectivity index (χ0v) is 21.7. The molecule has 0 spiro atoms. The van der Waals surface area contributed by atoms with Crippen LogP contribution in [0.4, 0.5) is 11.5 Å². The monoisotopic (exact) mass is 500 g/mol. The number of hydrogen-bond donors (Lipinski definition) is 1. The second-order valence-electron chi connectivity index (χ2n) is 10.3. The summed E-state index contributed by atoms with van der Waals surface area (Å²) in [5.41, 5.74) is 7.58. The Bertz CT molecular complexity index is 1210. The van der Waals surface area contributed by atoms with Gasteiger partial charge in [0.2, 0.25) is 0 Å². The molecule has 4 rings (SSSR count). The molecule has 35 heavy (non-hydrogen) atoms. The molecule has 0 radical (unpaired) electrons. The molecule has 3 aromatic rings. The highest BCUT2D eigenvalue weighted by Gasteiger charge is 2.42. The topological polar surface area (TPSA) is 140 Å². The molecule has 1 aliphatic heterocycles. The smallest absolute Gasteiger partial charge is 0.274 e. The number of nitro groups is 1. The third-order valence-corrected chi connectivity index (χ3v) is 11.4. The van der Waals surface area contributed by atoms with Gasteiger partial charge in [-0.1, -0.05) is 32.9 Å². The van der Waals surface area contributed by atoms with Gasteiger partial charge in [-0.2, -0.15) is 0 Å². The Morgan fingerprint density at radius 3 is 2.71 bits per heavy atom. The lowest BCUT2D eigenvalue weighted by Crippen LogP contribution is -2.44. The van der Waals surface area contributed by atoms with Crippen molar-refractivity contribution in [2.45, 2.75) is 70.4 Å². The maximum absolute atomic E-state index is 11.4. The van der Waals surface area contributed by atoms with Crippen LogP contribution >= 0.6 is 0 Å². The summed E-state index contributed by atoms with van der Waals surface area (Å²) in [6.07, 6.45) is 2.41. The van der Waals surface area contributed by atoms with Crippen molar-refractivity contribution in [1.82, 2.24) is 19.5 Å². The number of fused-ring (bicyclic) bond motifs is 1. The van der Waals surface area contributed by atoms with E-state index in [-0.39, 0.29) is 29.5 Å². The van der Waals surface area contributed by atoms with Gasteiger partial charge in [0.15, 0.2) is 19.8 Å². The highest BCUT2D eigenvalue weighted by atomic mass is 28.4. The normalized spacial score (nSPS) is 21.0. The van der Waals surface area contributed by atoms with E-state index < -0.39 is 19.5 Å². The fraction of sp³-hybridized carbons (Fsp3) is 0.522. The second kappa shape index (κ2) is 9.61. The van der Waals surface area contributed by atoms with Crippen LogP contribution in [0, 0.1) is 10.1 Å². The van der Waals surface area contributed by atoms with Crippen molar-refractivity contribution in [2.75, 3.05) is 12.3 Å². The van der Waals surface area contributed by atoms with Gasteiger partial charge in [0.1, 0.15) is 24.2 Å². The lowest BCUT2D eigenvalue weighted by Gasteiger charge is -2.37. The number of para-hydroxylation sites is 1. The molecule has 1 fully saturated rings. The highest BCUT2D eigenvalue weighted by molar-refractivity contribution is 6.74. The van der Waals surface area contributed by atoms with E-state index in [4.69, 9.17) is 19.6 Å². The molecule has 3 atom stereocenters. The van der Waals surface area contributed by atoms with Crippen LogP contribution in [0.2, 0.25) is 18.1 Å². The van der Waals surface area contributed by atoms with E-state index in [0.717, 1.165) is 0 Å². The Balaban J connectivity index is 1.56. The Morgan fingerprint density at radius 2 is 2.00 bits per heavy atom. The van der Waals surface area contributed by atoms with E-state index in [9.17, 15) is 10.1 Å². The zero-order chi connectivity index (χ0) is 25.4. The number of benzene rings is 1. The predicted molar refractivity (Wildman–Crippen MR) is 133 cm³/mol. The third kappa shape index (κ3) is 5.20. The number of imidazole rings is 1. The number of hydrogen-bond acceptors (Lipinski definition) is 9. The molecule has 1 aromatic carbocycles. The van der Waals surface area contributed by atoms with Crippen molar-refractivity contribution in [3.63, 3.8) is 0 Å². The van der Waals surface area contributed by atoms with Gasteiger partial charge in [-0.25, -0.2) is 15.0 Å². The average molecular weight is 501 g/mol. The van der Waals surface area contributed by atoms with E-state index in [2.05, 4.69) is 48.8 Å². The van der Waals surface area contributed by atoms with E-state index in [1.54, 1.807) is 24.5 Å². The SMILES string of the molecule is CC(C)(C)[Si](C)(C)OC[C@H]1O[C@@H](n2cnc3c(N)ncnc32)C[C@@H]1OCc1ccccc1[N+](=O)[O-]. The maximum atomic E-state index is 11.4. The summed E-state index contributed by atoms with van der Waals surface area (Å²) in [7, 11) is -2.03. The summed E-state index contributed by atoms with van der Waals surface area (Å²) in [5, 5.41) is 11.5. The van der Waals surface area contributed by atoms with Crippen molar-refractivity contribution in [2.24, 2.45) is 0 Å². The molecule has 2 N–H and O–H groups in total. The van der Waals surface area contributed by atoms with Crippen LogP contribution in [0.1, 0.15) is 39.0 Å². The minimum atomic E-state index is -2.03. The second-order valence-corrected chi connectivity index (χ2v) is 15.1. The van der Waals surface area contributed by atoms with Gasteiger partial charge in [-0.3, -0.25) is 14.7 Å². The first-order valence-electron chi connectivity index (χ1n) is 11.5. The minimum Gasteiger partial charge on any atom is -0.414 e. The van der Waals surface area contributed by atoms with Crippen molar-refractivity contribution in [1.29, 1.82) is 0 Å². The number of nitro benzene ring substituents is 1. The standard InChI is InChI=1S/C23H32N6O5Si/c1-23(2,3)35(4,5)33-12-18-17(32-11-15-8-6-7-9-16(15)29(30)31)10-19(34-18)28-14-27-20-21(24)25-13-26-22(20)28/h6-9,13-14,17-19H,10-12H2,1-5H3,(H2,24,25,26)/t17-,18+,19+/m0/s1. The highest BCUT2D eigenvalue weighted by Crippen LogP contribution is 2.39. The lowest BCUT2D eigenvalue weighted by atomic mass is 10.1. The summed E-state index contributed by atoms with van der Waals surface area (Å²) in [4.78, 5) is 23.7. The molecular weight excluding hydrogens is 468 g/mol. The van der Waals surface area contributed by atoms with Crippen LogP contribution in [0.25, 0.3) is 11.2 Å². The number of anilines is 1. The molecular formula is C23H32N6O5Si. The fourth-order valence-electron chi connectivity index (χ4n) is 3.79. The molecule has 0 aliphatic carbocycles. The van der Waals surface area contributed by atoms with E-state index in [1.807, 2.05) is 4.57 Å². The van der Waals surface area contributed by atoms with E-state index in [1.165, 1.54) is 12.4 Å². The van der Waals surface area contributed by atoms with Gasteiger partial charge >= 0.3 is 0 Å². The van der Waals surface area contributed by atoms with Crippen molar-refractivity contribution >= 4 is 31.0 Å². The number of nitrogens with two attached hydrogens (primary N) is 1. The summed E-state index contributed by atoms with van der Waals surface area (Å²) >= 11 is 0. The molecule has 3 heterocycles. The molecule has 12 heteroatoms. The maximum Gasteiger partial charge on any atom is 0.274 e. The van der Waals surface area contributed by atoms with Crippen molar-refractivity contribution in [3.8, 4) is 0 Å². The van der Waals surface area contributed by atoms with Crippen LogP contribution in [0.5, 0.6) is 0 Å². The van der Waals surface area contributed by atoms with Crippen LogP contribution in [-0.4, -0.2) is 51.6 Å². The first kappa shape index (κ1) is 25.2.